The minimum atomic E-state index is -4.27. The SMILES string of the molecule is CCOC(=O)C(F)(F)[C@@H](N)c1cc(F)cc(C(=O)O)c1O.Cl. The van der Waals surface area contributed by atoms with E-state index in [9.17, 15) is 27.9 Å². The van der Waals surface area contributed by atoms with E-state index in [0.29, 0.717) is 12.1 Å². The number of halogens is 4. The maximum atomic E-state index is 13.7. The van der Waals surface area contributed by atoms with Crippen molar-refractivity contribution in [3.8, 4) is 5.75 Å². The molecule has 1 aromatic carbocycles. The molecule has 0 bridgehead atoms. The van der Waals surface area contributed by atoms with Gasteiger partial charge in [-0.15, -0.1) is 12.4 Å². The van der Waals surface area contributed by atoms with Gasteiger partial charge < -0.3 is 20.7 Å². The summed E-state index contributed by atoms with van der Waals surface area (Å²) in [6.45, 7) is 0.957. The Morgan fingerprint density at radius 2 is 1.95 bits per heavy atom. The molecule has 6 nitrogen and oxygen atoms in total. The average Bonchev–Trinajstić information content (AvgIpc) is 2.40. The van der Waals surface area contributed by atoms with E-state index in [0.717, 1.165) is 0 Å². The molecule has 0 heterocycles. The number of ether oxygens (including phenoxy) is 1. The van der Waals surface area contributed by atoms with Crippen LogP contribution < -0.4 is 5.73 Å². The van der Waals surface area contributed by atoms with Gasteiger partial charge in [-0.2, -0.15) is 8.78 Å². The highest BCUT2D eigenvalue weighted by Crippen LogP contribution is 2.37. The number of rotatable bonds is 5. The van der Waals surface area contributed by atoms with Gasteiger partial charge in [0.25, 0.3) is 0 Å². The molecule has 0 aromatic heterocycles. The van der Waals surface area contributed by atoms with E-state index in [1.165, 1.54) is 6.92 Å². The molecule has 0 aliphatic rings. The predicted molar refractivity (Wildman–Crippen MR) is 70.8 cm³/mol. The number of aromatic carboxylic acids is 1. The molecule has 10 heteroatoms. The molecule has 1 aromatic rings. The second-order valence-corrected chi connectivity index (χ2v) is 4.02. The molecule has 0 spiro atoms. The van der Waals surface area contributed by atoms with Crippen molar-refractivity contribution in [2.24, 2.45) is 5.73 Å². The fraction of sp³-hybridized carbons (Fsp3) is 0.333. The molecule has 0 saturated heterocycles. The Bertz CT molecular complexity index is 582. The quantitative estimate of drug-likeness (QED) is 0.704. The van der Waals surface area contributed by atoms with Gasteiger partial charge in [0.05, 0.1) is 6.61 Å². The van der Waals surface area contributed by atoms with Crippen molar-refractivity contribution in [2.45, 2.75) is 18.9 Å². The van der Waals surface area contributed by atoms with Gasteiger partial charge in [-0.05, 0) is 19.1 Å². The Morgan fingerprint density at radius 3 is 2.41 bits per heavy atom. The zero-order chi connectivity index (χ0) is 16.4. The van der Waals surface area contributed by atoms with Crippen LogP contribution in [0.4, 0.5) is 13.2 Å². The van der Waals surface area contributed by atoms with Crippen LogP contribution in [-0.4, -0.2) is 34.7 Å². The average molecular weight is 344 g/mol. The van der Waals surface area contributed by atoms with Crippen molar-refractivity contribution in [2.75, 3.05) is 6.61 Å². The molecule has 0 amide bonds. The third-order valence-corrected chi connectivity index (χ3v) is 2.61. The van der Waals surface area contributed by atoms with Crippen molar-refractivity contribution in [3.63, 3.8) is 0 Å². The van der Waals surface area contributed by atoms with Gasteiger partial charge in [0.15, 0.2) is 0 Å². The van der Waals surface area contributed by atoms with Crippen LogP contribution in [0, 0.1) is 5.82 Å². The number of aromatic hydroxyl groups is 1. The van der Waals surface area contributed by atoms with Crippen LogP contribution in [-0.2, 0) is 9.53 Å². The van der Waals surface area contributed by atoms with E-state index in [2.05, 4.69) is 4.74 Å². The molecular formula is C12H13ClF3NO5. The number of carboxylic acid groups (broad SMARTS) is 1. The standard InChI is InChI=1S/C12H12F3NO5.ClH/c1-2-21-11(20)12(14,15)9(16)6-3-5(13)4-7(8(6)17)10(18)19;/h3-4,9,17H,2,16H2,1H3,(H,18,19);1H/t9-;/m0./s1. The first-order valence-electron chi connectivity index (χ1n) is 5.69. The number of nitrogens with two attached hydrogens (primary N) is 1. The van der Waals surface area contributed by atoms with Gasteiger partial charge in [0.2, 0.25) is 0 Å². The summed E-state index contributed by atoms with van der Waals surface area (Å²) >= 11 is 0. The third kappa shape index (κ3) is 3.80. The van der Waals surface area contributed by atoms with Crippen LogP contribution in [0.3, 0.4) is 0 Å². The molecule has 124 valence electrons. The summed E-state index contributed by atoms with van der Waals surface area (Å²) in [5.74, 6) is -10.3. The second-order valence-electron chi connectivity index (χ2n) is 4.02. The highest BCUT2D eigenvalue weighted by atomic mass is 35.5. The summed E-state index contributed by atoms with van der Waals surface area (Å²) in [6, 6.07) is -1.60. The van der Waals surface area contributed by atoms with Crippen molar-refractivity contribution in [1.29, 1.82) is 0 Å². The summed E-state index contributed by atoms with van der Waals surface area (Å²) in [7, 11) is 0. The van der Waals surface area contributed by atoms with Crippen LogP contribution in [0.2, 0.25) is 0 Å². The van der Waals surface area contributed by atoms with Crippen molar-refractivity contribution in [3.05, 3.63) is 29.1 Å². The Morgan fingerprint density at radius 1 is 1.41 bits per heavy atom. The predicted octanol–water partition coefficient (Wildman–Crippen LogP) is 1.85. The highest BCUT2D eigenvalue weighted by molar-refractivity contribution is 5.91. The first-order valence-corrected chi connectivity index (χ1v) is 5.69. The van der Waals surface area contributed by atoms with Crippen molar-refractivity contribution in [1.82, 2.24) is 0 Å². The fourth-order valence-corrected chi connectivity index (χ4v) is 1.57. The van der Waals surface area contributed by atoms with Crippen LogP contribution in [0.25, 0.3) is 0 Å². The molecule has 4 N–H and O–H groups in total. The van der Waals surface area contributed by atoms with Gasteiger partial charge in [0, 0.05) is 5.56 Å². The maximum absolute atomic E-state index is 13.7. The van der Waals surface area contributed by atoms with Crippen molar-refractivity contribution >= 4 is 24.3 Å². The van der Waals surface area contributed by atoms with E-state index < -0.39 is 46.6 Å². The Labute approximate surface area is 129 Å². The van der Waals surface area contributed by atoms with Gasteiger partial charge in [0.1, 0.15) is 23.2 Å². The van der Waals surface area contributed by atoms with Gasteiger partial charge in [-0.25, -0.2) is 14.0 Å². The van der Waals surface area contributed by atoms with Gasteiger partial charge >= 0.3 is 17.9 Å². The zero-order valence-corrected chi connectivity index (χ0v) is 12.0. The van der Waals surface area contributed by atoms with Crippen LogP contribution in [0.1, 0.15) is 28.9 Å². The number of carbonyl (C=O) groups excluding carboxylic acids is 1. The molecule has 1 rings (SSSR count). The molecule has 0 aliphatic heterocycles. The van der Waals surface area contributed by atoms with Crippen LogP contribution >= 0.6 is 12.4 Å². The lowest BCUT2D eigenvalue weighted by atomic mass is 9.97. The zero-order valence-electron chi connectivity index (χ0n) is 11.2. The number of esters is 1. The largest absolute Gasteiger partial charge is 0.507 e. The Balaban J connectivity index is 0.00000441. The lowest BCUT2D eigenvalue weighted by Crippen LogP contribution is -2.42. The molecule has 0 unspecified atom stereocenters. The molecule has 0 saturated carbocycles. The van der Waals surface area contributed by atoms with E-state index in [1.807, 2.05) is 0 Å². The first-order chi connectivity index (χ1) is 9.62. The topological polar surface area (TPSA) is 110 Å². The lowest BCUT2D eigenvalue weighted by molar-refractivity contribution is -0.174. The summed E-state index contributed by atoms with van der Waals surface area (Å²) in [6.07, 6.45) is 0. The van der Waals surface area contributed by atoms with Crippen LogP contribution in [0.5, 0.6) is 5.75 Å². The lowest BCUT2D eigenvalue weighted by Gasteiger charge is -2.23. The Kier molecular flexibility index (Phi) is 6.65. The summed E-state index contributed by atoms with van der Waals surface area (Å²) < 4.78 is 44.9. The number of carboxylic acids is 1. The number of alkyl halides is 2. The molecule has 22 heavy (non-hydrogen) atoms. The summed E-state index contributed by atoms with van der Waals surface area (Å²) in [5.41, 5.74) is 3.32. The molecule has 1 atom stereocenters. The molecular weight excluding hydrogens is 331 g/mol. The Hall–Kier alpha value is -2.00. The van der Waals surface area contributed by atoms with E-state index in [-0.39, 0.29) is 19.0 Å². The second kappa shape index (κ2) is 7.32. The maximum Gasteiger partial charge on any atom is 0.379 e. The minimum absolute atomic E-state index is 0. The van der Waals surface area contributed by atoms with E-state index >= 15 is 0 Å². The number of hydrogen-bond acceptors (Lipinski definition) is 5. The van der Waals surface area contributed by atoms with Crippen molar-refractivity contribution < 1.29 is 37.7 Å². The van der Waals surface area contributed by atoms with Gasteiger partial charge in [-0.1, -0.05) is 0 Å². The summed E-state index contributed by atoms with van der Waals surface area (Å²) in [4.78, 5) is 21.9. The molecule has 0 radical (unpaired) electrons. The van der Waals surface area contributed by atoms with Crippen LogP contribution in [0.15, 0.2) is 12.1 Å². The number of phenols is 1. The smallest absolute Gasteiger partial charge is 0.379 e. The molecule has 0 aliphatic carbocycles. The number of benzene rings is 1. The summed E-state index contributed by atoms with van der Waals surface area (Å²) in [5, 5.41) is 18.4. The number of hydrogen-bond donors (Lipinski definition) is 3. The fourth-order valence-electron chi connectivity index (χ4n) is 1.57. The minimum Gasteiger partial charge on any atom is -0.507 e. The van der Waals surface area contributed by atoms with Gasteiger partial charge in [-0.3, -0.25) is 0 Å². The van der Waals surface area contributed by atoms with E-state index in [4.69, 9.17) is 10.8 Å². The monoisotopic (exact) mass is 343 g/mol. The molecule has 0 fully saturated rings. The normalized spacial score (nSPS) is 12.2. The first kappa shape index (κ1) is 20.0. The third-order valence-electron chi connectivity index (χ3n) is 2.61. The highest BCUT2D eigenvalue weighted by Gasteiger charge is 2.49. The van der Waals surface area contributed by atoms with E-state index in [1.54, 1.807) is 0 Å². The number of carbonyl (C=O) groups is 2.